The number of fused-ring (bicyclic) bond motifs is 1. The molecule has 0 radical (unpaired) electrons. The number of aromatic carboxylic acids is 1. The number of hydrogen-bond donors (Lipinski definition) is 2. The van der Waals surface area contributed by atoms with E-state index in [0.717, 1.165) is 6.42 Å². The molecular weight excluding hydrogens is 272 g/mol. The fourth-order valence-corrected chi connectivity index (χ4v) is 2.54. The van der Waals surface area contributed by atoms with E-state index in [-0.39, 0.29) is 10.9 Å². The minimum Gasteiger partial charge on any atom is -0.476 e. The quantitative estimate of drug-likeness (QED) is 0.882. The molecule has 100 valence electrons. The lowest BCUT2D eigenvalue weighted by Gasteiger charge is -2.21. The van der Waals surface area contributed by atoms with Gasteiger partial charge in [-0.1, -0.05) is 0 Å². The highest BCUT2D eigenvalue weighted by Gasteiger charge is 2.30. The van der Waals surface area contributed by atoms with Crippen LogP contribution in [0.25, 0.3) is 11.6 Å². The number of imidazole rings is 1. The number of nitrogens with zero attached hydrogens (tertiary/aromatic N) is 2. The minimum absolute atomic E-state index is 0.130. The molecule has 0 aromatic carbocycles. The summed E-state index contributed by atoms with van der Waals surface area (Å²) >= 11 is 5.72. The maximum atomic E-state index is 11.2. The van der Waals surface area contributed by atoms with Crippen LogP contribution in [-0.2, 0) is 6.54 Å². The zero-order chi connectivity index (χ0) is 13.6. The predicted molar refractivity (Wildman–Crippen MR) is 66.1 cm³/mol. The molecule has 1 unspecified atom stereocenters. The van der Waals surface area contributed by atoms with Crippen LogP contribution in [0.15, 0.2) is 16.5 Å². The maximum Gasteiger partial charge on any atom is 0.356 e. The van der Waals surface area contributed by atoms with Crippen LogP contribution < -0.4 is 0 Å². The second kappa shape index (κ2) is 4.40. The molecule has 0 aliphatic carbocycles. The molecule has 0 saturated carbocycles. The second-order valence-electron chi connectivity index (χ2n) is 4.39. The first-order valence-electron chi connectivity index (χ1n) is 5.85. The number of halogens is 1. The Hall–Kier alpha value is -1.79. The fourth-order valence-electron chi connectivity index (χ4n) is 2.39. The van der Waals surface area contributed by atoms with Gasteiger partial charge in [0.25, 0.3) is 0 Å². The largest absolute Gasteiger partial charge is 0.476 e. The summed E-state index contributed by atoms with van der Waals surface area (Å²) in [6, 6.07) is 3.20. The molecular formula is C12H11ClN2O4. The molecule has 6 nitrogen and oxygen atoms in total. The van der Waals surface area contributed by atoms with Crippen molar-refractivity contribution >= 4 is 17.6 Å². The lowest BCUT2D eigenvalue weighted by molar-refractivity contribution is 0.0677. The Morgan fingerprint density at radius 3 is 2.95 bits per heavy atom. The number of aliphatic hydroxyl groups is 1. The highest BCUT2D eigenvalue weighted by molar-refractivity contribution is 6.28. The number of aromatic nitrogens is 2. The smallest absolute Gasteiger partial charge is 0.356 e. The lowest BCUT2D eigenvalue weighted by atomic mass is 10.1. The summed E-state index contributed by atoms with van der Waals surface area (Å²) in [5, 5.41) is 19.4. The molecule has 0 saturated heterocycles. The first-order chi connectivity index (χ1) is 9.08. The third-order valence-electron chi connectivity index (χ3n) is 3.18. The highest BCUT2D eigenvalue weighted by Crippen LogP contribution is 2.34. The van der Waals surface area contributed by atoms with Crippen molar-refractivity contribution in [3.05, 3.63) is 28.7 Å². The van der Waals surface area contributed by atoms with Crippen molar-refractivity contribution in [3.63, 3.8) is 0 Å². The van der Waals surface area contributed by atoms with Crippen molar-refractivity contribution in [2.24, 2.45) is 0 Å². The third kappa shape index (κ3) is 1.93. The Kier molecular flexibility index (Phi) is 2.83. The number of carboxylic acid groups (broad SMARTS) is 1. The van der Waals surface area contributed by atoms with Gasteiger partial charge in [-0.05, 0) is 36.6 Å². The van der Waals surface area contributed by atoms with Gasteiger partial charge in [0, 0.05) is 6.54 Å². The standard InChI is InChI=1S/C12H11ClN2O4/c13-8-4-3-7(19-8)11-14-9(12(17)18)10-6(16)2-1-5-15(10)11/h3-4,6,16H,1-2,5H2,(H,17,18). The topological polar surface area (TPSA) is 88.5 Å². The number of furan rings is 1. The summed E-state index contributed by atoms with van der Waals surface area (Å²) < 4.78 is 6.96. The molecule has 7 heteroatoms. The van der Waals surface area contributed by atoms with Crippen molar-refractivity contribution in [1.82, 2.24) is 9.55 Å². The van der Waals surface area contributed by atoms with Gasteiger partial charge in [-0.2, -0.15) is 0 Å². The molecule has 0 fully saturated rings. The number of carboxylic acids is 1. The van der Waals surface area contributed by atoms with E-state index in [4.69, 9.17) is 16.0 Å². The van der Waals surface area contributed by atoms with Crippen LogP contribution in [-0.4, -0.2) is 25.7 Å². The molecule has 1 atom stereocenters. The lowest BCUT2D eigenvalue weighted by Crippen LogP contribution is -2.18. The number of hydrogen-bond acceptors (Lipinski definition) is 4. The average Bonchev–Trinajstić information content (AvgIpc) is 2.93. The van der Waals surface area contributed by atoms with Crippen LogP contribution in [0.1, 0.15) is 35.1 Å². The van der Waals surface area contributed by atoms with E-state index in [0.29, 0.717) is 30.2 Å². The number of carbonyl (C=O) groups is 1. The Morgan fingerprint density at radius 2 is 2.32 bits per heavy atom. The van der Waals surface area contributed by atoms with Gasteiger partial charge in [0.1, 0.15) is 0 Å². The zero-order valence-corrected chi connectivity index (χ0v) is 10.6. The van der Waals surface area contributed by atoms with E-state index in [2.05, 4.69) is 4.98 Å². The summed E-state index contributed by atoms with van der Waals surface area (Å²) in [7, 11) is 0. The Balaban J connectivity index is 2.21. The SMILES string of the molecule is O=C(O)c1nc(-c2ccc(Cl)o2)n2c1C(O)CCC2. The van der Waals surface area contributed by atoms with Crippen LogP contribution in [0, 0.1) is 0 Å². The first-order valence-corrected chi connectivity index (χ1v) is 6.23. The van der Waals surface area contributed by atoms with Gasteiger partial charge < -0.3 is 19.2 Å². The minimum atomic E-state index is -1.16. The van der Waals surface area contributed by atoms with Gasteiger partial charge in [-0.15, -0.1) is 0 Å². The third-order valence-corrected chi connectivity index (χ3v) is 3.38. The van der Waals surface area contributed by atoms with Crippen molar-refractivity contribution in [1.29, 1.82) is 0 Å². The van der Waals surface area contributed by atoms with Crippen LogP contribution >= 0.6 is 11.6 Å². The van der Waals surface area contributed by atoms with E-state index in [1.54, 1.807) is 16.7 Å². The van der Waals surface area contributed by atoms with Crippen molar-refractivity contribution in [2.75, 3.05) is 0 Å². The van der Waals surface area contributed by atoms with Crippen LogP contribution in [0.3, 0.4) is 0 Å². The van der Waals surface area contributed by atoms with Gasteiger partial charge in [0.2, 0.25) is 0 Å². The van der Waals surface area contributed by atoms with E-state index in [9.17, 15) is 15.0 Å². The fraction of sp³-hybridized carbons (Fsp3) is 0.333. The molecule has 0 amide bonds. The molecule has 3 rings (SSSR count). The van der Waals surface area contributed by atoms with Crippen molar-refractivity contribution < 1.29 is 19.4 Å². The Morgan fingerprint density at radius 1 is 1.53 bits per heavy atom. The molecule has 19 heavy (non-hydrogen) atoms. The summed E-state index contributed by atoms with van der Waals surface area (Å²) in [5.74, 6) is -0.375. The van der Waals surface area contributed by atoms with Gasteiger partial charge in [0.05, 0.1) is 11.8 Å². The molecule has 1 aliphatic heterocycles. The average molecular weight is 283 g/mol. The summed E-state index contributed by atoms with van der Waals surface area (Å²) in [6.07, 6.45) is 0.474. The normalized spacial score (nSPS) is 18.3. The first kappa shape index (κ1) is 12.3. The summed E-state index contributed by atoms with van der Waals surface area (Å²) in [6.45, 7) is 0.598. The molecule has 3 heterocycles. The zero-order valence-electron chi connectivity index (χ0n) is 9.84. The van der Waals surface area contributed by atoms with Gasteiger partial charge in [0.15, 0.2) is 22.5 Å². The summed E-state index contributed by atoms with van der Waals surface area (Å²) in [4.78, 5) is 15.3. The number of aliphatic hydroxyl groups excluding tert-OH is 1. The maximum absolute atomic E-state index is 11.2. The van der Waals surface area contributed by atoms with Crippen LogP contribution in [0.2, 0.25) is 5.22 Å². The van der Waals surface area contributed by atoms with Crippen molar-refractivity contribution in [3.8, 4) is 11.6 Å². The van der Waals surface area contributed by atoms with Crippen LogP contribution in [0.5, 0.6) is 0 Å². The van der Waals surface area contributed by atoms with Crippen LogP contribution in [0.4, 0.5) is 0 Å². The molecule has 0 bridgehead atoms. The molecule has 2 N–H and O–H groups in total. The Labute approximate surface area is 113 Å². The second-order valence-corrected chi connectivity index (χ2v) is 4.76. The van der Waals surface area contributed by atoms with Crippen molar-refractivity contribution in [2.45, 2.75) is 25.5 Å². The van der Waals surface area contributed by atoms with E-state index in [1.807, 2.05) is 0 Å². The molecule has 0 spiro atoms. The summed E-state index contributed by atoms with van der Waals surface area (Å²) in [5.41, 5.74) is 0.205. The molecule has 1 aliphatic rings. The number of rotatable bonds is 2. The van der Waals surface area contributed by atoms with Gasteiger partial charge in [-0.25, -0.2) is 9.78 Å². The monoisotopic (exact) mass is 282 g/mol. The predicted octanol–water partition coefficient (Wildman–Crippen LogP) is 2.32. The molecule has 2 aromatic rings. The molecule has 2 aromatic heterocycles. The van der Waals surface area contributed by atoms with E-state index >= 15 is 0 Å². The highest BCUT2D eigenvalue weighted by atomic mass is 35.5. The van der Waals surface area contributed by atoms with E-state index < -0.39 is 12.1 Å². The van der Waals surface area contributed by atoms with Gasteiger partial charge >= 0.3 is 5.97 Å². The Bertz CT molecular complexity index is 646. The van der Waals surface area contributed by atoms with Gasteiger partial charge in [-0.3, -0.25) is 0 Å². The van der Waals surface area contributed by atoms with E-state index in [1.165, 1.54) is 0 Å².